The van der Waals surface area contributed by atoms with Crippen LogP contribution in [-0.2, 0) is 13.1 Å². The number of hydrogen-bond donors (Lipinski definition) is 1. The second kappa shape index (κ2) is 7.98. The Kier molecular flexibility index (Phi) is 5.26. The van der Waals surface area contributed by atoms with Crippen LogP contribution in [0.2, 0.25) is 0 Å². The van der Waals surface area contributed by atoms with E-state index in [2.05, 4.69) is 44.0 Å². The molecule has 140 valence electrons. The summed E-state index contributed by atoms with van der Waals surface area (Å²) in [4.78, 5) is 17.3. The number of hydrogen-bond acceptors (Lipinski definition) is 2. The molecule has 0 atom stereocenters. The molecule has 1 aromatic heterocycles. The lowest BCUT2D eigenvalue weighted by atomic mass is 10.1. The lowest BCUT2D eigenvalue weighted by molar-refractivity contribution is 0.0949. The van der Waals surface area contributed by atoms with Gasteiger partial charge in [0.2, 0.25) is 0 Å². The molecule has 0 spiro atoms. The quantitative estimate of drug-likeness (QED) is 0.476. The second-order valence-corrected chi connectivity index (χ2v) is 7.70. The molecule has 4 aromatic rings. The summed E-state index contributed by atoms with van der Waals surface area (Å²) >= 11 is 3.53. The molecule has 0 fully saturated rings. The maximum absolute atomic E-state index is 12.5. The minimum absolute atomic E-state index is 0.0928. The monoisotopic (exact) mass is 433 g/mol. The third kappa shape index (κ3) is 3.99. The first-order valence-corrected chi connectivity index (χ1v) is 9.93. The van der Waals surface area contributed by atoms with Crippen LogP contribution < -0.4 is 5.32 Å². The van der Waals surface area contributed by atoms with Crippen molar-refractivity contribution in [3.8, 4) is 0 Å². The van der Waals surface area contributed by atoms with E-state index >= 15 is 0 Å². The fraction of sp³-hybridized carbons (Fsp3) is 0.130. The molecule has 0 aliphatic rings. The van der Waals surface area contributed by atoms with Crippen LogP contribution in [0.25, 0.3) is 11.0 Å². The number of aromatic nitrogens is 2. The van der Waals surface area contributed by atoms with E-state index in [0.717, 1.165) is 26.9 Å². The highest BCUT2D eigenvalue weighted by atomic mass is 79.9. The van der Waals surface area contributed by atoms with E-state index in [0.29, 0.717) is 18.7 Å². The smallest absolute Gasteiger partial charge is 0.251 e. The summed E-state index contributed by atoms with van der Waals surface area (Å²) in [5.74, 6) is 0.743. The molecule has 0 unspecified atom stereocenters. The Morgan fingerprint density at radius 3 is 2.68 bits per heavy atom. The van der Waals surface area contributed by atoms with E-state index in [-0.39, 0.29) is 5.91 Å². The van der Waals surface area contributed by atoms with Gasteiger partial charge in [0.15, 0.2) is 0 Å². The van der Waals surface area contributed by atoms with Crippen LogP contribution >= 0.6 is 15.9 Å². The number of nitrogens with one attached hydrogen (secondary N) is 1. The average molecular weight is 434 g/mol. The summed E-state index contributed by atoms with van der Waals surface area (Å²) in [5, 5.41) is 3.01. The molecule has 4 rings (SSSR count). The Morgan fingerprint density at radius 2 is 1.86 bits per heavy atom. The third-order valence-electron chi connectivity index (χ3n) is 4.65. The Labute approximate surface area is 172 Å². The largest absolute Gasteiger partial charge is 0.345 e. The molecule has 4 nitrogen and oxygen atoms in total. The van der Waals surface area contributed by atoms with Gasteiger partial charge in [-0.2, -0.15) is 0 Å². The summed E-state index contributed by atoms with van der Waals surface area (Å²) in [6.07, 6.45) is 0. The van der Waals surface area contributed by atoms with Gasteiger partial charge in [-0.25, -0.2) is 4.98 Å². The first-order chi connectivity index (χ1) is 13.6. The van der Waals surface area contributed by atoms with Crippen LogP contribution in [0.5, 0.6) is 0 Å². The van der Waals surface area contributed by atoms with Gasteiger partial charge in [0.25, 0.3) is 5.91 Å². The Hall–Kier alpha value is -2.92. The van der Waals surface area contributed by atoms with Crippen molar-refractivity contribution in [3.63, 3.8) is 0 Å². The number of imidazole rings is 1. The molecule has 0 saturated carbocycles. The number of fused-ring (bicyclic) bond motifs is 1. The molecule has 0 bridgehead atoms. The zero-order chi connectivity index (χ0) is 19.5. The van der Waals surface area contributed by atoms with E-state index in [1.807, 2.05) is 61.5 Å². The predicted molar refractivity (Wildman–Crippen MR) is 115 cm³/mol. The van der Waals surface area contributed by atoms with Crippen molar-refractivity contribution in [3.05, 3.63) is 99.8 Å². The molecule has 3 aromatic carbocycles. The standard InChI is InChI=1S/C23H20BrN3O/c1-16-6-4-8-18(12-16)23(28)25-14-22-26-20-10-2-3-11-21(20)27(22)15-17-7-5-9-19(24)13-17/h2-13H,14-15H2,1H3,(H,25,28). The molecule has 28 heavy (non-hydrogen) atoms. The fourth-order valence-corrected chi connectivity index (χ4v) is 3.75. The zero-order valence-corrected chi connectivity index (χ0v) is 17.1. The number of para-hydroxylation sites is 2. The summed E-state index contributed by atoms with van der Waals surface area (Å²) < 4.78 is 3.21. The highest BCUT2D eigenvalue weighted by molar-refractivity contribution is 9.10. The Balaban J connectivity index is 1.62. The van der Waals surface area contributed by atoms with Crippen molar-refractivity contribution in [2.45, 2.75) is 20.0 Å². The van der Waals surface area contributed by atoms with Gasteiger partial charge in [0, 0.05) is 16.6 Å². The second-order valence-electron chi connectivity index (χ2n) is 6.78. The summed E-state index contributed by atoms with van der Waals surface area (Å²) in [6.45, 7) is 3.04. The Bertz CT molecular complexity index is 1150. The van der Waals surface area contributed by atoms with Crippen LogP contribution in [0.1, 0.15) is 27.3 Å². The Morgan fingerprint density at radius 1 is 1.04 bits per heavy atom. The normalized spacial score (nSPS) is 10.9. The van der Waals surface area contributed by atoms with Crippen molar-refractivity contribution < 1.29 is 4.79 Å². The highest BCUT2D eigenvalue weighted by Crippen LogP contribution is 2.20. The summed E-state index contributed by atoms with van der Waals surface area (Å²) in [6, 6.07) is 23.9. The number of halogens is 1. The van der Waals surface area contributed by atoms with Gasteiger partial charge >= 0.3 is 0 Å². The molecule has 0 radical (unpaired) electrons. The van der Waals surface area contributed by atoms with E-state index in [1.165, 1.54) is 5.56 Å². The van der Waals surface area contributed by atoms with Gasteiger partial charge in [-0.05, 0) is 48.9 Å². The lowest BCUT2D eigenvalue weighted by Crippen LogP contribution is -2.25. The lowest BCUT2D eigenvalue weighted by Gasteiger charge is -2.11. The van der Waals surface area contributed by atoms with Crippen LogP contribution in [0, 0.1) is 6.92 Å². The van der Waals surface area contributed by atoms with Gasteiger partial charge in [-0.1, -0.05) is 57.9 Å². The van der Waals surface area contributed by atoms with E-state index in [4.69, 9.17) is 4.98 Å². The molecule has 1 N–H and O–H groups in total. The molecular weight excluding hydrogens is 414 g/mol. The zero-order valence-electron chi connectivity index (χ0n) is 15.5. The molecule has 1 amide bonds. The van der Waals surface area contributed by atoms with Crippen molar-refractivity contribution in [2.24, 2.45) is 0 Å². The van der Waals surface area contributed by atoms with Gasteiger partial charge in [-0.3, -0.25) is 4.79 Å². The predicted octanol–water partition coefficient (Wildman–Crippen LogP) is 5.09. The first kappa shape index (κ1) is 18.4. The molecule has 0 saturated heterocycles. The molecule has 0 aliphatic heterocycles. The van der Waals surface area contributed by atoms with Gasteiger partial charge < -0.3 is 9.88 Å². The fourth-order valence-electron chi connectivity index (χ4n) is 3.30. The van der Waals surface area contributed by atoms with Crippen molar-refractivity contribution in [2.75, 3.05) is 0 Å². The topological polar surface area (TPSA) is 46.9 Å². The SMILES string of the molecule is Cc1cccc(C(=O)NCc2nc3ccccc3n2Cc2cccc(Br)c2)c1. The van der Waals surface area contributed by atoms with Crippen LogP contribution in [0.15, 0.2) is 77.3 Å². The summed E-state index contributed by atoms with van der Waals surface area (Å²) in [5.41, 5.74) is 4.88. The minimum Gasteiger partial charge on any atom is -0.345 e. The number of amides is 1. The van der Waals surface area contributed by atoms with E-state index < -0.39 is 0 Å². The van der Waals surface area contributed by atoms with Crippen LogP contribution in [0.3, 0.4) is 0 Å². The number of rotatable bonds is 5. The number of aryl methyl sites for hydroxylation is 1. The number of nitrogens with zero attached hydrogens (tertiary/aromatic N) is 2. The number of benzene rings is 3. The minimum atomic E-state index is -0.0928. The first-order valence-electron chi connectivity index (χ1n) is 9.13. The van der Waals surface area contributed by atoms with Gasteiger partial charge in [0.05, 0.1) is 17.6 Å². The van der Waals surface area contributed by atoms with Crippen molar-refractivity contribution >= 4 is 32.9 Å². The third-order valence-corrected chi connectivity index (χ3v) is 5.14. The maximum Gasteiger partial charge on any atom is 0.251 e. The maximum atomic E-state index is 12.5. The van der Waals surface area contributed by atoms with E-state index in [1.54, 1.807) is 0 Å². The average Bonchev–Trinajstić information content (AvgIpc) is 3.04. The van der Waals surface area contributed by atoms with Gasteiger partial charge in [-0.15, -0.1) is 0 Å². The molecule has 1 heterocycles. The van der Waals surface area contributed by atoms with Gasteiger partial charge in [0.1, 0.15) is 5.82 Å². The van der Waals surface area contributed by atoms with Crippen molar-refractivity contribution in [1.29, 1.82) is 0 Å². The van der Waals surface area contributed by atoms with Crippen molar-refractivity contribution in [1.82, 2.24) is 14.9 Å². The summed E-state index contributed by atoms with van der Waals surface area (Å²) in [7, 11) is 0. The number of carbonyl (C=O) groups excluding carboxylic acids is 1. The molecular formula is C23H20BrN3O. The molecule has 0 aliphatic carbocycles. The van der Waals surface area contributed by atoms with Crippen LogP contribution in [-0.4, -0.2) is 15.5 Å². The van der Waals surface area contributed by atoms with Crippen LogP contribution in [0.4, 0.5) is 0 Å². The number of carbonyl (C=O) groups is 1. The molecule has 5 heteroatoms. The highest BCUT2D eigenvalue weighted by Gasteiger charge is 2.13. The van der Waals surface area contributed by atoms with E-state index in [9.17, 15) is 4.79 Å².